The van der Waals surface area contributed by atoms with Gasteiger partial charge in [-0.2, -0.15) is 13.2 Å². The highest BCUT2D eigenvalue weighted by molar-refractivity contribution is 9.10. The Kier molecular flexibility index (Phi) is 3.89. The van der Waals surface area contributed by atoms with Crippen molar-refractivity contribution in [3.63, 3.8) is 0 Å². The molecule has 102 valence electrons. The second-order valence-corrected chi connectivity index (χ2v) is 4.97. The van der Waals surface area contributed by atoms with Crippen molar-refractivity contribution < 1.29 is 17.6 Å². The molecule has 0 saturated heterocycles. The Hall–Kier alpha value is -1.43. The Balaban J connectivity index is 2.21. The summed E-state index contributed by atoms with van der Waals surface area (Å²) < 4.78 is 44.4. The van der Waals surface area contributed by atoms with E-state index in [1.54, 1.807) is 19.1 Å². The number of hydrogen-bond acceptors (Lipinski definition) is 2. The first-order valence-electron chi connectivity index (χ1n) is 5.52. The molecule has 1 heterocycles. The Morgan fingerprint density at radius 3 is 2.53 bits per heavy atom. The van der Waals surface area contributed by atoms with E-state index in [0.29, 0.717) is 10.2 Å². The maximum atomic E-state index is 12.8. The fourth-order valence-corrected chi connectivity index (χ4v) is 2.03. The van der Waals surface area contributed by atoms with Gasteiger partial charge in [0.2, 0.25) is 0 Å². The molecule has 0 fully saturated rings. The fourth-order valence-electron chi connectivity index (χ4n) is 1.67. The molecule has 0 atom stereocenters. The first kappa shape index (κ1) is 14.0. The highest BCUT2D eigenvalue weighted by Gasteiger charge is 2.33. The van der Waals surface area contributed by atoms with Crippen molar-refractivity contribution in [1.29, 1.82) is 0 Å². The van der Waals surface area contributed by atoms with Crippen molar-refractivity contribution in [2.45, 2.75) is 19.6 Å². The molecule has 0 bridgehead atoms. The van der Waals surface area contributed by atoms with Gasteiger partial charge in [-0.3, -0.25) is 0 Å². The summed E-state index contributed by atoms with van der Waals surface area (Å²) in [5, 5.41) is 2.75. The summed E-state index contributed by atoms with van der Waals surface area (Å²) in [7, 11) is 0. The lowest BCUT2D eigenvalue weighted by Crippen LogP contribution is -2.10. The van der Waals surface area contributed by atoms with Gasteiger partial charge in [0.25, 0.3) is 0 Å². The molecule has 0 saturated carbocycles. The molecule has 0 amide bonds. The summed E-state index contributed by atoms with van der Waals surface area (Å²) in [5.41, 5.74) is -0.671. The normalized spacial score (nSPS) is 11.6. The molecular weight excluding hydrogens is 323 g/mol. The van der Waals surface area contributed by atoms with Crippen LogP contribution in [0.1, 0.15) is 17.1 Å². The minimum Gasteiger partial charge on any atom is -0.465 e. The minimum atomic E-state index is -4.39. The molecule has 1 aromatic carbocycles. The van der Waals surface area contributed by atoms with Crippen molar-refractivity contribution in [3.8, 4) is 0 Å². The van der Waals surface area contributed by atoms with Gasteiger partial charge < -0.3 is 9.73 Å². The van der Waals surface area contributed by atoms with Crippen LogP contribution in [-0.2, 0) is 12.7 Å². The number of benzene rings is 1. The van der Waals surface area contributed by atoms with Gasteiger partial charge in [-0.05, 0) is 37.3 Å². The van der Waals surface area contributed by atoms with Gasteiger partial charge in [-0.15, -0.1) is 0 Å². The maximum Gasteiger partial charge on any atom is 0.418 e. The molecule has 0 radical (unpaired) electrons. The highest BCUT2D eigenvalue weighted by Crippen LogP contribution is 2.36. The zero-order valence-corrected chi connectivity index (χ0v) is 11.6. The lowest BCUT2D eigenvalue weighted by molar-refractivity contribution is -0.137. The molecule has 2 nitrogen and oxygen atoms in total. The molecule has 2 rings (SSSR count). The summed E-state index contributed by atoms with van der Waals surface area (Å²) in [6.07, 6.45) is -4.39. The van der Waals surface area contributed by atoms with Gasteiger partial charge in [0.1, 0.15) is 11.5 Å². The summed E-state index contributed by atoms with van der Waals surface area (Å²) in [5.74, 6) is 1.31. The molecular formula is C13H11BrF3NO. The molecule has 2 aromatic rings. The third-order valence-corrected chi connectivity index (χ3v) is 3.03. The van der Waals surface area contributed by atoms with Crippen molar-refractivity contribution in [2.24, 2.45) is 0 Å². The van der Waals surface area contributed by atoms with Gasteiger partial charge >= 0.3 is 6.18 Å². The van der Waals surface area contributed by atoms with E-state index in [2.05, 4.69) is 21.2 Å². The smallest absolute Gasteiger partial charge is 0.418 e. The van der Waals surface area contributed by atoms with Crippen molar-refractivity contribution in [2.75, 3.05) is 5.32 Å². The van der Waals surface area contributed by atoms with Crippen LogP contribution in [0.5, 0.6) is 0 Å². The maximum absolute atomic E-state index is 12.8. The van der Waals surface area contributed by atoms with E-state index in [-0.39, 0.29) is 12.2 Å². The van der Waals surface area contributed by atoms with E-state index in [1.165, 1.54) is 12.1 Å². The van der Waals surface area contributed by atoms with Crippen LogP contribution in [0.2, 0.25) is 0 Å². The van der Waals surface area contributed by atoms with Crippen LogP contribution in [0.15, 0.2) is 39.2 Å². The largest absolute Gasteiger partial charge is 0.465 e. The predicted molar refractivity (Wildman–Crippen MR) is 69.9 cm³/mol. The van der Waals surface area contributed by atoms with E-state index in [1.807, 2.05) is 0 Å². The fraction of sp³-hybridized carbons (Fsp3) is 0.231. The minimum absolute atomic E-state index is 0.0240. The van der Waals surface area contributed by atoms with Crippen molar-refractivity contribution in [1.82, 2.24) is 0 Å². The summed E-state index contributed by atoms with van der Waals surface area (Å²) in [4.78, 5) is 0. The number of rotatable bonds is 3. The molecule has 0 aliphatic heterocycles. The van der Waals surface area contributed by atoms with Crippen LogP contribution in [0.4, 0.5) is 18.9 Å². The lowest BCUT2D eigenvalue weighted by Gasteiger charge is -2.14. The van der Waals surface area contributed by atoms with Crippen LogP contribution in [0, 0.1) is 6.92 Å². The lowest BCUT2D eigenvalue weighted by atomic mass is 10.1. The van der Waals surface area contributed by atoms with E-state index in [4.69, 9.17) is 4.42 Å². The average molecular weight is 334 g/mol. The van der Waals surface area contributed by atoms with Crippen LogP contribution in [0.25, 0.3) is 0 Å². The Morgan fingerprint density at radius 1 is 1.21 bits per heavy atom. The monoisotopic (exact) mass is 333 g/mol. The zero-order chi connectivity index (χ0) is 14.0. The number of anilines is 1. The number of nitrogens with one attached hydrogen (secondary N) is 1. The van der Waals surface area contributed by atoms with Gasteiger partial charge in [-0.1, -0.05) is 15.9 Å². The quantitative estimate of drug-likeness (QED) is 0.856. The van der Waals surface area contributed by atoms with Crippen LogP contribution >= 0.6 is 15.9 Å². The van der Waals surface area contributed by atoms with Crippen LogP contribution in [-0.4, -0.2) is 0 Å². The molecule has 6 heteroatoms. The number of alkyl halides is 3. The summed E-state index contributed by atoms with van der Waals surface area (Å²) in [6.45, 7) is 1.98. The van der Waals surface area contributed by atoms with Gasteiger partial charge in [0, 0.05) is 10.2 Å². The van der Waals surface area contributed by atoms with E-state index in [0.717, 1.165) is 11.8 Å². The van der Waals surface area contributed by atoms with Gasteiger partial charge in [0.05, 0.1) is 12.1 Å². The first-order valence-corrected chi connectivity index (χ1v) is 6.31. The number of furan rings is 1. The standard InChI is InChI=1S/C13H11BrF3NO/c1-8-2-4-10(19-8)7-18-12-6-9(14)3-5-11(12)13(15,16)17/h2-6,18H,7H2,1H3. The predicted octanol–water partition coefficient (Wildman–Crippen LogP) is 4.98. The Bertz CT molecular complexity index is 578. The van der Waals surface area contributed by atoms with Gasteiger partial charge in [0.15, 0.2) is 0 Å². The highest BCUT2D eigenvalue weighted by atomic mass is 79.9. The van der Waals surface area contributed by atoms with E-state index < -0.39 is 11.7 Å². The molecule has 19 heavy (non-hydrogen) atoms. The first-order chi connectivity index (χ1) is 8.86. The molecule has 1 aromatic heterocycles. The molecule has 1 N–H and O–H groups in total. The number of hydrogen-bond donors (Lipinski definition) is 1. The molecule has 0 spiro atoms. The Morgan fingerprint density at radius 2 is 1.95 bits per heavy atom. The van der Waals surface area contributed by atoms with Crippen LogP contribution < -0.4 is 5.32 Å². The molecule has 0 aliphatic rings. The number of aryl methyl sites for hydroxylation is 1. The second kappa shape index (κ2) is 5.28. The van der Waals surface area contributed by atoms with Crippen molar-refractivity contribution >= 4 is 21.6 Å². The summed E-state index contributed by atoms with van der Waals surface area (Å²) in [6, 6.07) is 7.31. The topological polar surface area (TPSA) is 25.2 Å². The zero-order valence-electron chi connectivity index (χ0n) is 10.0. The number of halogens is 4. The summed E-state index contributed by atoms with van der Waals surface area (Å²) >= 11 is 3.16. The van der Waals surface area contributed by atoms with Gasteiger partial charge in [-0.25, -0.2) is 0 Å². The van der Waals surface area contributed by atoms with Crippen LogP contribution in [0.3, 0.4) is 0 Å². The SMILES string of the molecule is Cc1ccc(CNc2cc(Br)ccc2C(F)(F)F)o1. The molecule has 0 unspecified atom stereocenters. The molecule has 0 aliphatic carbocycles. The Labute approximate surface area is 116 Å². The van der Waals surface area contributed by atoms with Crippen molar-refractivity contribution in [3.05, 3.63) is 51.9 Å². The third kappa shape index (κ3) is 3.53. The third-order valence-electron chi connectivity index (χ3n) is 2.54. The van der Waals surface area contributed by atoms with E-state index in [9.17, 15) is 13.2 Å². The second-order valence-electron chi connectivity index (χ2n) is 4.05. The average Bonchev–Trinajstić information content (AvgIpc) is 2.71. The van der Waals surface area contributed by atoms with E-state index >= 15 is 0 Å².